The van der Waals surface area contributed by atoms with Crippen LogP contribution in [0, 0.1) is 0 Å². The van der Waals surface area contributed by atoms with E-state index in [0.29, 0.717) is 5.69 Å². The lowest BCUT2D eigenvalue weighted by Crippen LogP contribution is -2.54. The zero-order valence-electron chi connectivity index (χ0n) is 16.0. The number of hydrogen-bond acceptors (Lipinski definition) is 8. The number of amides is 3. The van der Waals surface area contributed by atoms with Gasteiger partial charge in [0.2, 0.25) is 17.7 Å². The first-order chi connectivity index (χ1) is 14.5. The van der Waals surface area contributed by atoms with Crippen LogP contribution >= 0.6 is 0 Å². The van der Waals surface area contributed by atoms with E-state index in [1.807, 2.05) is 5.32 Å². The molecule has 31 heavy (non-hydrogen) atoms. The van der Waals surface area contributed by atoms with Gasteiger partial charge in [0, 0.05) is 18.3 Å². The zero-order chi connectivity index (χ0) is 23.6. The number of nitrogens with one attached hydrogen (secondary N) is 4. The second-order valence-electron chi connectivity index (χ2n) is 6.32. The molecule has 0 saturated heterocycles. The molecule has 15 nitrogen and oxygen atoms in total. The van der Waals surface area contributed by atoms with Crippen molar-refractivity contribution in [1.29, 1.82) is 0 Å². The lowest BCUT2D eigenvalue weighted by molar-refractivity contribution is -0.143. The number of carboxylic acids is 3. The SMILES string of the molecule is NC(CC(=O)O)C(=O)NC(CC(=O)O)C(=O)NCC(=O)NC(Cc1cnc[nH]1)C(=O)O. The molecule has 3 atom stereocenters. The summed E-state index contributed by atoms with van der Waals surface area (Å²) in [6.45, 7) is -0.710. The average Bonchev–Trinajstić information content (AvgIpc) is 3.17. The van der Waals surface area contributed by atoms with Crippen LogP contribution in [0.5, 0.6) is 0 Å². The maximum atomic E-state index is 12.2. The fourth-order valence-electron chi connectivity index (χ4n) is 2.30. The summed E-state index contributed by atoms with van der Waals surface area (Å²) in [4.78, 5) is 75.3. The van der Waals surface area contributed by atoms with Crippen LogP contribution in [0.15, 0.2) is 12.5 Å². The highest BCUT2D eigenvalue weighted by Crippen LogP contribution is 1.99. The highest BCUT2D eigenvalue weighted by Gasteiger charge is 2.28. The van der Waals surface area contributed by atoms with E-state index < -0.39 is 73.1 Å². The molecule has 0 saturated carbocycles. The summed E-state index contributed by atoms with van der Waals surface area (Å²) in [5.41, 5.74) is 5.80. The van der Waals surface area contributed by atoms with Gasteiger partial charge < -0.3 is 42.0 Å². The predicted molar refractivity (Wildman–Crippen MR) is 99.3 cm³/mol. The van der Waals surface area contributed by atoms with E-state index >= 15 is 0 Å². The standard InChI is InChI=1S/C16H22N6O9/c17-8(2-12(24)25)14(28)22-9(3-13(26)27)15(29)19-5-11(23)21-10(16(30)31)1-7-4-18-6-20-7/h4,6,8-10H,1-3,5,17H2,(H,18,20)(H,19,29)(H,21,23)(H,22,28)(H,24,25)(H,26,27)(H,30,31). The van der Waals surface area contributed by atoms with E-state index in [1.165, 1.54) is 12.5 Å². The Morgan fingerprint density at radius 3 is 2.13 bits per heavy atom. The van der Waals surface area contributed by atoms with Crippen molar-refractivity contribution in [2.75, 3.05) is 6.54 Å². The second kappa shape index (κ2) is 11.9. The third-order valence-corrected chi connectivity index (χ3v) is 3.78. The van der Waals surface area contributed by atoms with E-state index in [4.69, 9.17) is 15.9 Å². The number of imidazole rings is 1. The van der Waals surface area contributed by atoms with Gasteiger partial charge in [-0.05, 0) is 0 Å². The molecular formula is C16H22N6O9. The second-order valence-corrected chi connectivity index (χ2v) is 6.32. The molecule has 1 aromatic heterocycles. The van der Waals surface area contributed by atoms with Crippen molar-refractivity contribution in [3.63, 3.8) is 0 Å². The van der Waals surface area contributed by atoms with Crippen LogP contribution in [0.4, 0.5) is 0 Å². The maximum absolute atomic E-state index is 12.2. The monoisotopic (exact) mass is 442 g/mol. The summed E-state index contributed by atoms with van der Waals surface area (Å²) in [5.74, 6) is -7.18. The normalized spacial score (nSPS) is 13.3. The van der Waals surface area contributed by atoms with Crippen LogP contribution in [0.2, 0.25) is 0 Å². The molecule has 0 bridgehead atoms. The average molecular weight is 442 g/mol. The Morgan fingerprint density at radius 1 is 0.968 bits per heavy atom. The fraction of sp³-hybridized carbons (Fsp3) is 0.438. The third-order valence-electron chi connectivity index (χ3n) is 3.78. The summed E-state index contributed by atoms with van der Waals surface area (Å²) >= 11 is 0. The number of nitrogens with two attached hydrogens (primary N) is 1. The number of carbonyl (C=O) groups excluding carboxylic acids is 3. The van der Waals surface area contributed by atoms with Crippen molar-refractivity contribution < 1.29 is 44.1 Å². The molecule has 3 amide bonds. The molecule has 9 N–H and O–H groups in total. The molecule has 15 heteroatoms. The fourth-order valence-corrected chi connectivity index (χ4v) is 2.30. The highest BCUT2D eigenvalue weighted by molar-refractivity contribution is 5.95. The number of nitrogens with zero attached hydrogens (tertiary/aromatic N) is 1. The Balaban J connectivity index is 2.65. The molecule has 1 aromatic rings. The first kappa shape index (κ1) is 25.0. The quantitative estimate of drug-likeness (QED) is 0.148. The lowest BCUT2D eigenvalue weighted by atomic mass is 10.1. The van der Waals surface area contributed by atoms with Gasteiger partial charge in [-0.15, -0.1) is 0 Å². The molecule has 3 unspecified atom stereocenters. The van der Waals surface area contributed by atoms with Gasteiger partial charge in [-0.1, -0.05) is 0 Å². The minimum absolute atomic E-state index is 0.103. The van der Waals surface area contributed by atoms with Gasteiger partial charge in [-0.2, -0.15) is 0 Å². The third kappa shape index (κ3) is 9.35. The summed E-state index contributed by atoms with van der Waals surface area (Å²) in [7, 11) is 0. The molecule has 0 aromatic carbocycles. The van der Waals surface area contributed by atoms with Crippen molar-refractivity contribution in [3.05, 3.63) is 18.2 Å². The molecule has 1 rings (SSSR count). The van der Waals surface area contributed by atoms with Crippen LogP contribution in [0.25, 0.3) is 0 Å². The van der Waals surface area contributed by atoms with E-state index in [0.717, 1.165) is 0 Å². The highest BCUT2D eigenvalue weighted by atomic mass is 16.4. The van der Waals surface area contributed by atoms with Crippen LogP contribution in [0.3, 0.4) is 0 Å². The van der Waals surface area contributed by atoms with E-state index in [-0.39, 0.29) is 6.42 Å². The molecule has 0 fully saturated rings. The molecular weight excluding hydrogens is 420 g/mol. The van der Waals surface area contributed by atoms with Gasteiger partial charge in [0.1, 0.15) is 12.1 Å². The van der Waals surface area contributed by atoms with Crippen molar-refractivity contribution in [1.82, 2.24) is 25.9 Å². The molecule has 170 valence electrons. The number of aliphatic carboxylic acids is 3. The molecule has 0 aliphatic carbocycles. The van der Waals surface area contributed by atoms with Crippen molar-refractivity contribution in [2.45, 2.75) is 37.4 Å². The van der Waals surface area contributed by atoms with Gasteiger partial charge in [0.25, 0.3) is 0 Å². The van der Waals surface area contributed by atoms with Gasteiger partial charge in [0.05, 0.1) is 31.8 Å². The Labute approximate surface area is 174 Å². The van der Waals surface area contributed by atoms with Crippen molar-refractivity contribution >= 4 is 35.6 Å². The number of hydrogen-bond donors (Lipinski definition) is 8. The summed E-state index contributed by atoms with van der Waals surface area (Å²) < 4.78 is 0. The number of aromatic amines is 1. The zero-order valence-corrected chi connectivity index (χ0v) is 16.0. The van der Waals surface area contributed by atoms with Gasteiger partial charge in [-0.3, -0.25) is 24.0 Å². The van der Waals surface area contributed by atoms with Crippen LogP contribution < -0.4 is 21.7 Å². The minimum atomic E-state index is -1.64. The molecule has 1 heterocycles. The number of carboxylic acid groups (broad SMARTS) is 3. The van der Waals surface area contributed by atoms with Crippen molar-refractivity contribution in [3.8, 4) is 0 Å². The summed E-state index contributed by atoms with van der Waals surface area (Å²) in [6, 6.07) is -4.49. The molecule has 0 aliphatic heterocycles. The number of aromatic nitrogens is 2. The van der Waals surface area contributed by atoms with Gasteiger partial charge in [0.15, 0.2) is 0 Å². The van der Waals surface area contributed by atoms with E-state index in [2.05, 4.69) is 20.6 Å². The van der Waals surface area contributed by atoms with E-state index in [1.54, 1.807) is 0 Å². The van der Waals surface area contributed by atoms with E-state index in [9.17, 15) is 33.9 Å². The number of rotatable bonds is 13. The number of H-pyrrole nitrogens is 1. The maximum Gasteiger partial charge on any atom is 0.326 e. The molecule has 0 radical (unpaired) electrons. The number of carbonyl (C=O) groups is 6. The molecule has 0 spiro atoms. The van der Waals surface area contributed by atoms with Gasteiger partial charge in [-0.25, -0.2) is 9.78 Å². The summed E-state index contributed by atoms with van der Waals surface area (Å²) in [5, 5.41) is 33.0. The van der Waals surface area contributed by atoms with Crippen LogP contribution in [-0.4, -0.2) is 85.6 Å². The van der Waals surface area contributed by atoms with Gasteiger partial charge >= 0.3 is 17.9 Å². The predicted octanol–water partition coefficient (Wildman–Crippen LogP) is -3.60. The Bertz CT molecular complexity index is 826. The topological polar surface area (TPSA) is 254 Å². The summed E-state index contributed by atoms with van der Waals surface area (Å²) in [6.07, 6.45) is 0.987. The largest absolute Gasteiger partial charge is 0.481 e. The van der Waals surface area contributed by atoms with Crippen LogP contribution in [0.1, 0.15) is 18.5 Å². The first-order valence-corrected chi connectivity index (χ1v) is 8.76. The van der Waals surface area contributed by atoms with Crippen molar-refractivity contribution in [2.24, 2.45) is 5.73 Å². The minimum Gasteiger partial charge on any atom is -0.481 e. The Kier molecular flexibility index (Phi) is 9.58. The molecule has 0 aliphatic rings. The Morgan fingerprint density at radius 2 is 1.61 bits per heavy atom. The lowest BCUT2D eigenvalue weighted by Gasteiger charge is -2.19. The van der Waals surface area contributed by atoms with Crippen LogP contribution in [-0.2, 0) is 35.2 Å². The first-order valence-electron chi connectivity index (χ1n) is 8.76. The smallest absolute Gasteiger partial charge is 0.326 e. The Hall–Kier alpha value is -4.01.